The molecule has 1 aliphatic heterocycles. The van der Waals surface area contributed by atoms with Crippen LogP contribution in [0, 0.1) is 5.41 Å². The van der Waals surface area contributed by atoms with Gasteiger partial charge in [0.25, 0.3) is 0 Å². The Kier molecular flexibility index (Phi) is 7.96. The topological polar surface area (TPSA) is 35.5 Å². The third-order valence-corrected chi connectivity index (χ3v) is 4.38. The van der Waals surface area contributed by atoms with E-state index in [0.717, 1.165) is 26.2 Å². The minimum absolute atomic E-state index is 0.324. The standard InChI is InChI=1S/C16H34N2O/c1-4-9-16(3,13-17-10-5-2)14-18-11-7-6-8-15(18)12-19/h15,17,19H,4-14H2,1-3H3. The Bertz CT molecular complexity index is 235. The first kappa shape index (κ1) is 16.9. The molecule has 2 atom stereocenters. The summed E-state index contributed by atoms with van der Waals surface area (Å²) >= 11 is 0. The van der Waals surface area contributed by atoms with E-state index in [0.29, 0.717) is 18.1 Å². The van der Waals surface area contributed by atoms with E-state index in [2.05, 4.69) is 31.0 Å². The Hall–Kier alpha value is -0.120. The molecule has 1 heterocycles. The van der Waals surface area contributed by atoms with Crippen LogP contribution in [0.15, 0.2) is 0 Å². The number of aliphatic hydroxyl groups is 1. The lowest BCUT2D eigenvalue weighted by molar-refractivity contribution is 0.0492. The van der Waals surface area contributed by atoms with E-state index < -0.39 is 0 Å². The minimum Gasteiger partial charge on any atom is -0.395 e. The van der Waals surface area contributed by atoms with Gasteiger partial charge in [0.05, 0.1) is 6.61 Å². The zero-order chi connectivity index (χ0) is 14.1. The Labute approximate surface area is 119 Å². The molecular weight excluding hydrogens is 236 g/mol. The zero-order valence-corrected chi connectivity index (χ0v) is 13.2. The van der Waals surface area contributed by atoms with Gasteiger partial charge in [-0.3, -0.25) is 4.90 Å². The van der Waals surface area contributed by atoms with Crippen LogP contribution < -0.4 is 5.32 Å². The van der Waals surface area contributed by atoms with Crippen LogP contribution in [0.3, 0.4) is 0 Å². The highest BCUT2D eigenvalue weighted by molar-refractivity contribution is 4.85. The molecule has 1 aliphatic rings. The van der Waals surface area contributed by atoms with Gasteiger partial charge in [-0.25, -0.2) is 0 Å². The van der Waals surface area contributed by atoms with Crippen LogP contribution >= 0.6 is 0 Å². The molecule has 1 rings (SSSR count). The summed E-state index contributed by atoms with van der Waals surface area (Å²) in [5.41, 5.74) is 0.342. The summed E-state index contributed by atoms with van der Waals surface area (Å²) in [4.78, 5) is 2.53. The molecule has 0 radical (unpaired) electrons. The van der Waals surface area contributed by atoms with Crippen molar-refractivity contribution < 1.29 is 5.11 Å². The van der Waals surface area contributed by atoms with Crippen molar-refractivity contribution in [1.82, 2.24) is 10.2 Å². The monoisotopic (exact) mass is 270 g/mol. The van der Waals surface area contributed by atoms with Crippen LogP contribution in [0.5, 0.6) is 0 Å². The van der Waals surface area contributed by atoms with E-state index in [1.54, 1.807) is 0 Å². The normalized spacial score (nSPS) is 24.3. The number of rotatable bonds is 9. The molecule has 0 aromatic carbocycles. The Morgan fingerprint density at radius 3 is 2.68 bits per heavy atom. The molecule has 1 saturated heterocycles. The maximum atomic E-state index is 9.55. The maximum Gasteiger partial charge on any atom is 0.0586 e. The highest BCUT2D eigenvalue weighted by Crippen LogP contribution is 2.27. The smallest absolute Gasteiger partial charge is 0.0586 e. The van der Waals surface area contributed by atoms with Gasteiger partial charge in [-0.15, -0.1) is 0 Å². The molecule has 114 valence electrons. The van der Waals surface area contributed by atoms with Gasteiger partial charge in [0.2, 0.25) is 0 Å². The fraction of sp³-hybridized carbons (Fsp3) is 1.00. The van der Waals surface area contributed by atoms with Crippen molar-refractivity contribution in [2.45, 2.75) is 65.3 Å². The first-order valence-electron chi connectivity index (χ1n) is 8.21. The number of hydrogen-bond donors (Lipinski definition) is 2. The summed E-state index contributed by atoms with van der Waals surface area (Å²) in [5, 5.41) is 13.1. The minimum atomic E-state index is 0.324. The van der Waals surface area contributed by atoms with Gasteiger partial charge >= 0.3 is 0 Å². The van der Waals surface area contributed by atoms with Gasteiger partial charge in [-0.2, -0.15) is 0 Å². The Morgan fingerprint density at radius 1 is 1.26 bits per heavy atom. The van der Waals surface area contributed by atoms with Gasteiger partial charge in [-0.05, 0) is 44.2 Å². The fourth-order valence-corrected chi connectivity index (χ4v) is 3.36. The second-order valence-electron chi connectivity index (χ2n) is 6.54. The number of nitrogens with one attached hydrogen (secondary N) is 1. The van der Waals surface area contributed by atoms with Crippen LogP contribution in [0.1, 0.15) is 59.3 Å². The summed E-state index contributed by atoms with van der Waals surface area (Å²) in [5.74, 6) is 0. The number of nitrogens with zero attached hydrogens (tertiary/aromatic N) is 1. The van der Waals surface area contributed by atoms with Crippen molar-refractivity contribution in [1.29, 1.82) is 0 Å². The van der Waals surface area contributed by atoms with E-state index in [9.17, 15) is 5.11 Å². The average Bonchev–Trinajstić information content (AvgIpc) is 2.40. The van der Waals surface area contributed by atoms with Crippen LogP contribution in [0.25, 0.3) is 0 Å². The van der Waals surface area contributed by atoms with Gasteiger partial charge in [0, 0.05) is 19.1 Å². The number of aliphatic hydroxyl groups excluding tert-OH is 1. The number of piperidine rings is 1. The van der Waals surface area contributed by atoms with E-state index in [-0.39, 0.29) is 0 Å². The summed E-state index contributed by atoms with van der Waals surface area (Å²) in [7, 11) is 0. The third kappa shape index (κ3) is 5.80. The second kappa shape index (κ2) is 8.93. The van der Waals surface area contributed by atoms with E-state index in [4.69, 9.17) is 0 Å². The summed E-state index contributed by atoms with van der Waals surface area (Å²) in [6, 6.07) is 0.399. The molecule has 0 saturated carbocycles. The maximum absolute atomic E-state index is 9.55. The van der Waals surface area contributed by atoms with Crippen LogP contribution in [-0.2, 0) is 0 Å². The van der Waals surface area contributed by atoms with E-state index in [1.165, 1.54) is 38.5 Å². The largest absolute Gasteiger partial charge is 0.395 e. The Balaban J connectivity index is 2.54. The lowest BCUT2D eigenvalue weighted by Gasteiger charge is -2.41. The molecule has 2 N–H and O–H groups in total. The fourth-order valence-electron chi connectivity index (χ4n) is 3.36. The molecule has 3 heteroatoms. The number of likely N-dealkylation sites (tertiary alicyclic amines) is 1. The van der Waals surface area contributed by atoms with Gasteiger partial charge in [0.1, 0.15) is 0 Å². The average molecular weight is 270 g/mol. The van der Waals surface area contributed by atoms with Gasteiger partial charge in [0.15, 0.2) is 0 Å². The van der Waals surface area contributed by atoms with Crippen molar-refractivity contribution in [3.05, 3.63) is 0 Å². The van der Waals surface area contributed by atoms with Crippen molar-refractivity contribution >= 4 is 0 Å². The predicted octanol–water partition coefficient (Wildman–Crippen LogP) is 2.64. The first-order valence-corrected chi connectivity index (χ1v) is 8.21. The highest BCUT2D eigenvalue weighted by atomic mass is 16.3. The number of hydrogen-bond acceptors (Lipinski definition) is 3. The third-order valence-electron chi connectivity index (χ3n) is 4.38. The highest BCUT2D eigenvalue weighted by Gasteiger charge is 2.30. The van der Waals surface area contributed by atoms with Crippen LogP contribution in [0.2, 0.25) is 0 Å². The molecule has 0 aromatic heterocycles. The molecule has 0 spiro atoms. The zero-order valence-electron chi connectivity index (χ0n) is 13.2. The molecule has 3 nitrogen and oxygen atoms in total. The molecule has 19 heavy (non-hydrogen) atoms. The molecule has 0 aromatic rings. The van der Waals surface area contributed by atoms with Crippen molar-refractivity contribution in [3.63, 3.8) is 0 Å². The van der Waals surface area contributed by atoms with Crippen molar-refractivity contribution in [2.75, 3.05) is 32.8 Å². The SMILES string of the molecule is CCCNCC(C)(CCC)CN1CCCCC1CO. The quantitative estimate of drug-likeness (QED) is 0.632. The van der Waals surface area contributed by atoms with Crippen molar-refractivity contribution in [2.24, 2.45) is 5.41 Å². The van der Waals surface area contributed by atoms with Crippen LogP contribution in [-0.4, -0.2) is 48.8 Å². The molecule has 0 amide bonds. The van der Waals surface area contributed by atoms with Crippen molar-refractivity contribution in [3.8, 4) is 0 Å². The lowest BCUT2D eigenvalue weighted by atomic mass is 9.83. The van der Waals surface area contributed by atoms with Gasteiger partial charge < -0.3 is 10.4 Å². The van der Waals surface area contributed by atoms with E-state index >= 15 is 0 Å². The lowest BCUT2D eigenvalue weighted by Crippen LogP contribution is -2.49. The molecule has 1 fully saturated rings. The summed E-state index contributed by atoms with van der Waals surface area (Å²) in [6.07, 6.45) is 7.44. The molecule has 0 bridgehead atoms. The predicted molar refractivity (Wildman–Crippen MR) is 82.5 cm³/mol. The van der Waals surface area contributed by atoms with Crippen LogP contribution in [0.4, 0.5) is 0 Å². The second-order valence-corrected chi connectivity index (χ2v) is 6.54. The molecule has 0 aliphatic carbocycles. The molecular formula is C16H34N2O. The summed E-state index contributed by atoms with van der Waals surface area (Å²) < 4.78 is 0. The summed E-state index contributed by atoms with van der Waals surface area (Å²) in [6.45, 7) is 11.7. The Morgan fingerprint density at radius 2 is 2.05 bits per heavy atom. The first-order chi connectivity index (χ1) is 9.15. The van der Waals surface area contributed by atoms with Gasteiger partial charge in [-0.1, -0.05) is 33.6 Å². The van der Waals surface area contributed by atoms with E-state index in [1.807, 2.05) is 0 Å². The molecule has 2 unspecified atom stereocenters.